The van der Waals surface area contributed by atoms with Gasteiger partial charge in [0, 0.05) is 24.5 Å². The normalized spacial score (nSPS) is 34.5. The quantitative estimate of drug-likeness (QED) is 0.831. The lowest BCUT2D eigenvalue weighted by Crippen LogP contribution is -2.53. The summed E-state index contributed by atoms with van der Waals surface area (Å²) in [7, 11) is 0. The van der Waals surface area contributed by atoms with E-state index in [1.54, 1.807) is 0 Å². The van der Waals surface area contributed by atoms with Crippen LogP contribution in [0.2, 0.25) is 0 Å². The number of ether oxygens (including phenoxy) is 1. The van der Waals surface area contributed by atoms with Crippen LogP contribution in [0, 0.1) is 23.2 Å². The molecule has 5 fully saturated rings. The van der Waals surface area contributed by atoms with Gasteiger partial charge in [-0.1, -0.05) is 12.1 Å². The van der Waals surface area contributed by atoms with E-state index in [1.165, 1.54) is 38.5 Å². The zero-order valence-electron chi connectivity index (χ0n) is 17.4. The molecule has 4 aliphatic carbocycles. The molecule has 0 unspecified atom stereocenters. The maximum Gasteiger partial charge on any atom is 0.228 e. The second kappa shape index (κ2) is 6.83. The van der Waals surface area contributed by atoms with Gasteiger partial charge >= 0.3 is 0 Å². The van der Waals surface area contributed by atoms with Crippen molar-refractivity contribution in [2.24, 2.45) is 23.2 Å². The van der Waals surface area contributed by atoms with Crippen molar-refractivity contribution in [3.8, 4) is 0 Å². The summed E-state index contributed by atoms with van der Waals surface area (Å²) in [4.78, 5) is 12.2. The SMILES string of the molecule is C[C@H](Nc1nc(N2CCOCC2)nc2ccccc12)C12CC3CC(CC(C3)C1)C2. The Labute approximate surface area is 173 Å². The Hall–Kier alpha value is -1.88. The van der Waals surface area contributed by atoms with Crippen LogP contribution in [0.25, 0.3) is 10.9 Å². The second-order valence-electron chi connectivity index (χ2n) is 10.1. The van der Waals surface area contributed by atoms with Crippen LogP contribution in [0.1, 0.15) is 45.4 Å². The zero-order chi connectivity index (χ0) is 19.4. The molecule has 29 heavy (non-hydrogen) atoms. The summed E-state index contributed by atoms with van der Waals surface area (Å²) in [5.74, 6) is 4.76. The number of aromatic nitrogens is 2. The predicted octanol–water partition coefficient (Wildman–Crippen LogP) is 4.48. The van der Waals surface area contributed by atoms with Crippen LogP contribution < -0.4 is 10.2 Å². The van der Waals surface area contributed by atoms with Gasteiger partial charge in [-0.25, -0.2) is 4.98 Å². The molecule has 1 aromatic carbocycles. The molecule has 0 amide bonds. The van der Waals surface area contributed by atoms with Crippen molar-refractivity contribution in [3.63, 3.8) is 0 Å². The Balaban J connectivity index is 1.33. The molecule has 1 saturated heterocycles. The highest BCUT2D eigenvalue weighted by Gasteiger charge is 2.53. The maximum atomic E-state index is 5.53. The number of benzene rings is 1. The number of nitrogens with zero attached hydrogens (tertiary/aromatic N) is 3. The van der Waals surface area contributed by atoms with E-state index in [0.717, 1.165) is 66.7 Å². The highest BCUT2D eigenvalue weighted by Crippen LogP contribution is 2.61. The number of fused-ring (bicyclic) bond motifs is 1. The van der Waals surface area contributed by atoms with E-state index in [1.807, 2.05) is 0 Å². The van der Waals surface area contributed by atoms with Crippen molar-refractivity contribution in [2.75, 3.05) is 36.5 Å². The first-order valence-corrected chi connectivity index (χ1v) is 11.5. The number of nitrogens with one attached hydrogen (secondary N) is 1. The van der Waals surface area contributed by atoms with Gasteiger partial charge in [0.25, 0.3) is 0 Å². The number of morpholine rings is 1. The lowest BCUT2D eigenvalue weighted by Gasteiger charge is -2.59. The minimum Gasteiger partial charge on any atom is -0.378 e. The fourth-order valence-corrected chi connectivity index (χ4v) is 7.15. The van der Waals surface area contributed by atoms with Gasteiger partial charge in [0.1, 0.15) is 5.82 Å². The molecule has 5 nitrogen and oxygen atoms in total. The van der Waals surface area contributed by atoms with E-state index in [-0.39, 0.29) is 0 Å². The van der Waals surface area contributed by atoms with Crippen LogP contribution >= 0.6 is 0 Å². The van der Waals surface area contributed by atoms with Gasteiger partial charge in [-0.2, -0.15) is 4.98 Å². The molecule has 1 atom stereocenters. The second-order valence-corrected chi connectivity index (χ2v) is 10.1. The summed E-state index contributed by atoms with van der Waals surface area (Å²) in [6.07, 6.45) is 8.70. The first kappa shape index (κ1) is 17.9. The van der Waals surface area contributed by atoms with Crippen molar-refractivity contribution in [1.29, 1.82) is 0 Å². The molecule has 0 spiro atoms. The lowest BCUT2D eigenvalue weighted by atomic mass is 9.48. The monoisotopic (exact) mass is 392 g/mol. The minimum atomic E-state index is 0.451. The summed E-state index contributed by atoms with van der Waals surface area (Å²) in [5, 5.41) is 5.05. The van der Waals surface area contributed by atoms with E-state index in [0.29, 0.717) is 11.5 Å². The van der Waals surface area contributed by atoms with E-state index in [4.69, 9.17) is 14.7 Å². The number of hydrogen-bond acceptors (Lipinski definition) is 5. The minimum absolute atomic E-state index is 0.451. The molecule has 4 bridgehead atoms. The van der Waals surface area contributed by atoms with Crippen LogP contribution in [0.15, 0.2) is 24.3 Å². The summed E-state index contributed by atoms with van der Waals surface area (Å²) in [6, 6.07) is 8.90. The Bertz CT molecular complexity index is 872. The Morgan fingerprint density at radius 3 is 2.34 bits per heavy atom. The first-order valence-electron chi connectivity index (χ1n) is 11.5. The van der Waals surface area contributed by atoms with Crippen LogP contribution in [0.3, 0.4) is 0 Å². The molecule has 5 heteroatoms. The Morgan fingerprint density at radius 1 is 1.00 bits per heavy atom. The predicted molar refractivity (Wildman–Crippen MR) is 116 cm³/mol. The van der Waals surface area contributed by atoms with Crippen molar-refractivity contribution in [3.05, 3.63) is 24.3 Å². The van der Waals surface area contributed by atoms with E-state index in [9.17, 15) is 0 Å². The highest BCUT2D eigenvalue weighted by molar-refractivity contribution is 5.90. The average Bonchev–Trinajstić information content (AvgIpc) is 2.73. The third-order valence-corrected chi connectivity index (χ3v) is 8.24. The molecule has 4 saturated carbocycles. The topological polar surface area (TPSA) is 50.3 Å². The third-order valence-electron chi connectivity index (χ3n) is 8.24. The summed E-state index contributed by atoms with van der Waals surface area (Å²) >= 11 is 0. The fraction of sp³-hybridized carbons (Fsp3) is 0.667. The molecular weight excluding hydrogens is 360 g/mol. The molecule has 1 aromatic heterocycles. The zero-order valence-corrected chi connectivity index (χ0v) is 17.4. The number of anilines is 2. The van der Waals surface area contributed by atoms with Gasteiger partial charge < -0.3 is 15.0 Å². The fourth-order valence-electron chi connectivity index (χ4n) is 7.15. The molecule has 1 aliphatic heterocycles. The van der Waals surface area contributed by atoms with Crippen molar-refractivity contribution in [1.82, 2.24) is 9.97 Å². The lowest BCUT2D eigenvalue weighted by molar-refractivity contribution is -0.0602. The van der Waals surface area contributed by atoms with Gasteiger partial charge in [-0.15, -0.1) is 0 Å². The Kier molecular flexibility index (Phi) is 4.22. The molecule has 154 valence electrons. The van der Waals surface area contributed by atoms with Crippen molar-refractivity contribution < 1.29 is 4.74 Å². The molecule has 2 aromatic rings. The number of hydrogen-bond donors (Lipinski definition) is 1. The summed E-state index contributed by atoms with van der Waals surface area (Å²) in [6.45, 7) is 5.65. The van der Waals surface area contributed by atoms with Crippen molar-refractivity contribution >= 4 is 22.7 Å². The highest BCUT2D eigenvalue weighted by atomic mass is 16.5. The maximum absolute atomic E-state index is 5.53. The van der Waals surface area contributed by atoms with Crippen LogP contribution in [-0.4, -0.2) is 42.3 Å². The molecule has 2 heterocycles. The first-order chi connectivity index (χ1) is 14.2. The molecule has 1 N–H and O–H groups in total. The van der Waals surface area contributed by atoms with Gasteiger partial charge in [-0.3, -0.25) is 0 Å². The van der Waals surface area contributed by atoms with Crippen LogP contribution in [0.4, 0.5) is 11.8 Å². The van der Waals surface area contributed by atoms with Crippen LogP contribution in [-0.2, 0) is 4.74 Å². The molecule has 0 radical (unpaired) electrons. The standard InChI is InChI=1S/C24H32N4O/c1-16(24-13-17-10-18(14-24)12-19(11-17)15-24)25-22-20-4-2-3-5-21(20)26-23(27-22)28-6-8-29-9-7-28/h2-5,16-19H,6-15H2,1H3,(H,25,26,27)/t16-,17?,18?,19?,24?/m0/s1. The van der Waals surface area contributed by atoms with Gasteiger partial charge in [0.05, 0.1) is 18.7 Å². The number of para-hydroxylation sites is 1. The van der Waals surface area contributed by atoms with Gasteiger partial charge in [0.15, 0.2) is 0 Å². The van der Waals surface area contributed by atoms with Crippen molar-refractivity contribution in [2.45, 2.75) is 51.5 Å². The summed E-state index contributed by atoms with van der Waals surface area (Å²) in [5.41, 5.74) is 1.49. The smallest absolute Gasteiger partial charge is 0.228 e. The van der Waals surface area contributed by atoms with Gasteiger partial charge in [0.2, 0.25) is 5.95 Å². The summed E-state index contributed by atoms with van der Waals surface area (Å²) < 4.78 is 5.53. The largest absolute Gasteiger partial charge is 0.378 e. The molecular formula is C24H32N4O. The third kappa shape index (κ3) is 3.09. The van der Waals surface area contributed by atoms with E-state index < -0.39 is 0 Å². The van der Waals surface area contributed by atoms with E-state index in [2.05, 4.69) is 41.4 Å². The Morgan fingerprint density at radius 2 is 1.66 bits per heavy atom. The van der Waals surface area contributed by atoms with E-state index >= 15 is 0 Å². The molecule has 7 rings (SSSR count). The van der Waals surface area contributed by atoms with Crippen LogP contribution in [0.5, 0.6) is 0 Å². The average molecular weight is 393 g/mol. The molecule has 5 aliphatic rings. The number of rotatable bonds is 4. The van der Waals surface area contributed by atoms with Gasteiger partial charge in [-0.05, 0) is 80.8 Å².